The number of aromatic nitrogens is 3. The molecule has 18 heavy (non-hydrogen) atoms. The topological polar surface area (TPSA) is 39.9 Å². The number of para-hydroxylation sites is 1. The van der Waals surface area contributed by atoms with Crippen molar-refractivity contribution in [1.82, 2.24) is 14.7 Å². The van der Waals surface area contributed by atoms with Gasteiger partial charge >= 0.3 is 0 Å². The highest BCUT2D eigenvalue weighted by Gasteiger charge is 2.13. The number of pyridine rings is 1. The van der Waals surface area contributed by atoms with Crippen LogP contribution in [0.25, 0.3) is 21.9 Å². The highest BCUT2D eigenvalue weighted by Crippen LogP contribution is 2.24. The van der Waals surface area contributed by atoms with Gasteiger partial charge in [-0.25, -0.2) is 4.98 Å². The van der Waals surface area contributed by atoms with Gasteiger partial charge in [-0.3, -0.25) is 4.98 Å². The second kappa shape index (κ2) is 4.29. The van der Waals surface area contributed by atoms with Crippen molar-refractivity contribution in [2.24, 2.45) is 0 Å². The minimum Gasteiger partial charge on any atom is -0.415 e. The summed E-state index contributed by atoms with van der Waals surface area (Å²) in [6, 6.07) is 8.05. The van der Waals surface area contributed by atoms with Crippen molar-refractivity contribution in [2.75, 3.05) is 7.11 Å². The number of nitrogens with zero attached hydrogens (tertiary/aromatic N) is 3. The highest BCUT2D eigenvalue weighted by molar-refractivity contribution is 6.02. The fourth-order valence-corrected chi connectivity index (χ4v) is 2.30. The summed E-state index contributed by atoms with van der Waals surface area (Å²) in [5, 5.41) is 1.08. The molecule has 0 aliphatic rings. The molecule has 1 aromatic carbocycles. The molecule has 0 radical (unpaired) electrons. The van der Waals surface area contributed by atoms with E-state index in [1.54, 1.807) is 7.11 Å². The average Bonchev–Trinajstić information content (AvgIpc) is 2.77. The molecule has 0 N–H and O–H groups in total. The van der Waals surface area contributed by atoms with Gasteiger partial charge in [0.05, 0.1) is 11.7 Å². The number of hydrogen-bond donors (Lipinski definition) is 0. The quantitative estimate of drug-likeness (QED) is 0.707. The first-order valence-electron chi connectivity index (χ1n) is 6.14. The van der Waals surface area contributed by atoms with Gasteiger partial charge in [0.2, 0.25) is 0 Å². The van der Waals surface area contributed by atoms with Crippen molar-refractivity contribution < 1.29 is 4.84 Å². The van der Waals surface area contributed by atoms with Crippen molar-refractivity contribution in [3.05, 3.63) is 36.3 Å². The molecule has 2 aromatic heterocycles. The molecule has 0 spiro atoms. The number of benzene rings is 1. The van der Waals surface area contributed by atoms with Crippen LogP contribution < -0.4 is 4.84 Å². The summed E-state index contributed by atoms with van der Waals surface area (Å²) >= 11 is 0. The van der Waals surface area contributed by atoms with E-state index in [4.69, 9.17) is 4.84 Å². The number of imidazole rings is 1. The van der Waals surface area contributed by atoms with E-state index in [0.29, 0.717) is 0 Å². The smallest absolute Gasteiger partial charge is 0.146 e. The van der Waals surface area contributed by atoms with Crippen LogP contribution in [-0.4, -0.2) is 21.8 Å². The summed E-state index contributed by atoms with van der Waals surface area (Å²) in [6.45, 7) is 2.13. The van der Waals surface area contributed by atoms with Crippen molar-refractivity contribution in [1.29, 1.82) is 0 Å². The first-order valence-corrected chi connectivity index (χ1v) is 6.14. The van der Waals surface area contributed by atoms with Gasteiger partial charge in [-0.2, -0.15) is 4.73 Å². The molecule has 0 aliphatic carbocycles. The summed E-state index contributed by atoms with van der Waals surface area (Å²) in [7, 11) is 1.68. The van der Waals surface area contributed by atoms with E-state index >= 15 is 0 Å². The first kappa shape index (κ1) is 11.0. The third-order valence-corrected chi connectivity index (χ3v) is 3.07. The summed E-state index contributed by atoms with van der Waals surface area (Å²) in [5.74, 6) is 0.952. The molecule has 0 atom stereocenters. The Bertz CT molecular complexity index is 703. The molecular weight excluding hydrogens is 226 g/mol. The van der Waals surface area contributed by atoms with Gasteiger partial charge in [0.1, 0.15) is 24.0 Å². The second-order valence-corrected chi connectivity index (χ2v) is 4.26. The van der Waals surface area contributed by atoms with Gasteiger partial charge in [-0.15, -0.1) is 0 Å². The molecular formula is C14H15N3O. The van der Waals surface area contributed by atoms with Gasteiger partial charge < -0.3 is 4.84 Å². The number of rotatable bonds is 3. The Hall–Kier alpha value is -2.10. The zero-order valence-electron chi connectivity index (χ0n) is 10.6. The van der Waals surface area contributed by atoms with Crippen LogP contribution in [0, 0.1) is 0 Å². The van der Waals surface area contributed by atoms with Crippen molar-refractivity contribution in [3.63, 3.8) is 0 Å². The maximum Gasteiger partial charge on any atom is 0.146 e. The molecule has 3 aromatic rings. The molecule has 92 valence electrons. The molecule has 0 unspecified atom stereocenters. The van der Waals surface area contributed by atoms with E-state index in [1.807, 2.05) is 29.1 Å². The summed E-state index contributed by atoms with van der Waals surface area (Å²) in [4.78, 5) is 14.5. The van der Waals surface area contributed by atoms with E-state index in [-0.39, 0.29) is 0 Å². The Balaban J connectivity index is 2.41. The molecule has 0 amide bonds. The van der Waals surface area contributed by atoms with Crippen LogP contribution >= 0.6 is 0 Å². The van der Waals surface area contributed by atoms with E-state index in [0.717, 1.165) is 40.6 Å². The molecule has 0 saturated heterocycles. The lowest BCUT2D eigenvalue weighted by molar-refractivity contribution is 0.169. The normalized spacial score (nSPS) is 11.2. The molecule has 4 heteroatoms. The number of aryl methyl sites for hydroxylation is 1. The van der Waals surface area contributed by atoms with E-state index < -0.39 is 0 Å². The van der Waals surface area contributed by atoms with Crippen molar-refractivity contribution in [2.45, 2.75) is 19.8 Å². The Morgan fingerprint density at radius 3 is 2.83 bits per heavy atom. The monoisotopic (exact) mass is 241 g/mol. The van der Waals surface area contributed by atoms with Crippen LogP contribution in [0.3, 0.4) is 0 Å². The Morgan fingerprint density at radius 2 is 2.06 bits per heavy atom. The zero-order valence-corrected chi connectivity index (χ0v) is 10.6. The summed E-state index contributed by atoms with van der Waals surface area (Å²) in [6.07, 6.45) is 3.75. The summed E-state index contributed by atoms with van der Waals surface area (Å²) in [5.41, 5.74) is 2.86. The molecule has 0 saturated carbocycles. The van der Waals surface area contributed by atoms with Crippen LogP contribution in [0.5, 0.6) is 0 Å². The maximum absolute atomic E-state index is 5.49. The van der Waals surface area contributed by atoms with Gasteiger partial charge in [0, 0.05) is 11.8 Å². The molecule has 0 fully saturated rings. The van der Waals surface area contributed by atoms with Gasteiger partial charge in [0.15, 0.2) is 0 Å². The second-order valence-electron chi connectivity index (χ2n) is 4.26. The average molecular weight is 241 g/mol. The first-order chi connectivity index (χ1) is 8.85. The SMILES string of the molecule is CCCc1nc2cnc3ccccc3c2n1OC. The molecule has 3 rings (SSSR count). The van der Waals surface area contributed by atoms with E-state index in [9.17, 15) is 0 Å². The van der Waals surface area contributed by atoms with Crippen LogP contribution in [0.1, 0.15) is 19.2 Å². The van der Waals surface area contributed by atoms with Crippen LogP contribution in [-0.2, 0) is 6.42 Å². The van der Waals surface area contributed by atoms with Crippen LogP contribution in [0.4, 0.5) is 0 Å². The Kier molecular flexibility index (Phi) is 2.63. The van der Waals surface area contributed by atoms with Crippen molar-refractivity contribution >= 4 is 21.9 Å². The van der Waals surface area contributed by atoms with Gasteiger partial charge in [-0.05, 0) is 12.5 Å². The number of hydrogen-bond acceptors (Lipinski definition) is 3. The van der Waals surface area contributed by atoms with E-state index in [1.165, 1.54) is 0 Å². The maximum atomic E-state index is 5.49. The zero-order chi connectivity index (χ0) is 12.5. The minimum absolute atomic E-state index is 0.888. The summed E-state index contributed by atoms with van der Waals surface area (Å²) < 4.78 is 1.82. The molecule has 2 heterocycles. The van der Waals surface area contributed by atoms with E-state index in [2.05, 4.69) is 23.0 Å². The molecule has 0 aliphatic heterocycles. The fourth-order valence-electron chi connectivity index (χ4n) is 2.30. The van der Waals surface area contributed by atoms with Crippen LogP contribution in [0.2, 0.25) is 0 Å². The standard InChI is InChI=1S/C14H15N3O/c1-3-6-13-16-12-9-15-11-8-5-4-7-10(11)14(12)17(13)18-2/h4-5,7-9H,3,6H2,1-2H3. The third kappa shape index (κ3) is 1.53. The fraction of sp³-hybridized carbons (Fsp3) is 0.286. The minimum atomic E-state index is 0.888. The van der Waals surface area contributed by atoms with Gasteiger partial charge in [-0.1, -0.05) is 25.1 Å². The van der Waals surface area contributed by atoms with Gasteiger partial charge in [0.25, 0.3) is 0 Å². The van der Waals surface area contributed by atoms with Crippen molar-refractivity contribution in [3.8, 4) is 0 Å². The lowest BCUT2D eigenvalue weighted by Crippen LogP contribution is -2.10. The predicted octanol–water partition coefficient (Wildman–Crippen LogP) is 2.60. The third-order valence-electron chi connectivity index (χ3n) is 3.07. The predicted molar refractivity (Wildman–Crippen MR) is 71.5 cm³/mol. The van der Waals surface area contributed by atoms with Crippen LogP contribution in [0.15, 0.2) is 30.5 Å². The molecule has 0 bridgehead atoms. The Labute approximate surface area is 105 Å². The number of fused-ring (bicyclic) bond motifs is 3. The lowest BCUT2D eigenvalue weighted by Gasteiger charge is -2.07. The molecule has 4 nitrogen and oxygen atoms in total. The lowest BCUT2D eigenvalue weighted by atomic mass is 10.2. The highest BCUT2D eigenvalue weighted by atomic mass is 16.6. The Morgan fingerprint density at radius 1 is 1.22 bits per heavy atom. The largest absolute Gasteiger partial charge is 0.415 e.